The maximum Gasteiger partial charge on any atom is 0.251 e. The molecule has 0 bridgehead atoms. The van der Waals surface area contributed by atoms with Crippen LogP contribution in [0.2, 0.25) is 0 Å². The number of hydrogen-bond donors (Lipinski definition) is 1. The van der Waals surface area contributed by atoms with Crippen molar-refractivity contribution in [3.05, 3.63) is 28.2 Å². The fraction of sp³-hybridized carbons (Fsp3) is 0.500. The lowest BCUT2D eigenvalue weighted by molar-refractivity contribution is 0.0434. The van der Waals surface area contributed by atoms with Gasteiger partial charge in [-0.05, 0) is 47.0 Å². The molecule has 0 aromatic heterocycles. The van der Waals surface area contributed by atoms with Gasteiger partial charge in [0.05, 0.1) is 17.1 Å². The van der Waals surface area contributed by atoms with Crippen LogP contribution in [0, 0.1) is 0 Å². The number of ether oxygens (including phenoxy) is 2. The van der Waals surface area contributed by atoms with E-state index in [1.807, 2.05) is 0 Å². The van der Waals surface area contributed by atoms with Gasteiger partial charge >= 0.3 is 0 Å². The van der Waals surface area contributed by atoms with Gasteiger partial charge in [0.1, 0.15) is 5.75 Å². The van der Waals surface area contributed by atoms with Gasteiger partial charge in [-0.2, -0.15) is 0 Å². The minimum absolute atomic E-state index is 0.129. The third-order valence-electron chi connectivity index (χ3n) is 3.50. The van der Waals surface area contributed by atoms with Gasteiger partial charge in [0, 0.05) is 24.7 Å². The van der Waals surface area contributed by atoms with Gasteiger partial charge in [-0.25, -0.2) is 0 Å². The second kappa shape index (κ2) is 6.78. The minimum Gasteiger partial charge on any atom is -0.496 e. The number of carbonyl (C=O) groups excluding carboxylic acids is 1. The predicted molar refractivity (Wildman–Crippen MR) is 81.7 cm³/mol. The van der Waals surface area contributed by atoms with E-state index in [0.717, 1.165) is 17.3 Å². The molecule has 0 aliphatic carbocycles. The van der Waals surface area contributed by atoms with Gasteiger partial charge in [0.15, 0.2) is 0 Å². The first-order valence-electron chi connectivity index (χ1n) is 6.40. The number of nitrogens with one attached hydrogen (secondary N) is 1. The molecule has 0 spiro atoms. The Morgan fingerprint density at radius 3 is 2.75 bits per heavy atom. The molecule has 0 saturated carbocycles. The highest BCUT2D eigenvalue weighted by molar-refractivity contribution is 9.10. The zero-order chi connectivity index (χ0) is 14.6. The highest BCUT2D eigenvalue weighted by atomic mass is 79.9. The van der Waals surface area contributed by atoms with Crippen LogP contribution in [-0.4, -0.2) is 37.6 Å². The molecule has 1 N–H and O–H groups in total. The summed E-state index contributed by atoms with van der Waals surface area (Å²) in [6, 6.07) is 5.24. The number of halogens is 2. The Bertz CT molecular complexity index is 489. The molecule has 0 unspecified atom stereocenters. The summed E-state index contributed by atoms with van der Waals surface area (Å²) in [5.41, 5.74) is 0.206. The summed E-state index contributed by atoms with van der Waals surface area (Å²) in [4.78, 5) is 12.4. The first-order chi connectivity index (χ1) is 9.60. The molecule has 6 heteroatoms. The van der Waals surface area contributed by atoms with E-state index in [9.17, 15) is 4.79 Å². The van der Waals surface area contributed by atoms with E-state index in [-0.39, 0.29) is 11.4 Å². The summed E-state index contributed by atoms with van der Waals surface area (Å²) in [7, 11) is 1.59. The summed E-state index contributed by atoms with van der Waals surface area (Å²) in [6.07, 6.45) is 1.47. The van der Waals surface area contributed by atoms with Gasteiger partial charge < -0.3 is 14.8 Å². The molecule has 20 heavy (non-hydrogen) atoms. The Hall–Kier alpha value is -0.780. The van der Waals surface area contributed by atoms with Gasteiger partial charge in [-0.3, -0.25) is 4.79 Å². The monoisotopic (exact) mass is 361 g/mol. The van der Waals surface area contributed by atoms with E-state index < -0.39 is 0 Å². The maximum atomic E-state index is 12.4. The molecule has 0 atom stereocenters. The second-order valence-electron chi connectivity index (χ2n) is 4.83. The van der Waals surface area contributed by atoms with Gasteiger partial charge in [-0.15, -0.1) is 11.6 Å². The lowest BCUT2D eigenvalue weighted by atomic mass is 9.92. The summed E-state index contributed by atoms with van der Waals surface area (Å²) in [5, 5.41) is 3.05. The first kappa shape index (κ1) is 15.6. The molecule has 1 heterocycles. The quantitative estimate of drug-likeness (QED) is 0.838. The van der Waals surface area contributed by atoms with E-state index in [1.165, 1.54) is 0 Å². The molecule has 1 aromatic carbocycles. The number of carbonyl (C=O) groups is 1. The molecule has 2 rings (SSSR count). The van der Waals surface area contributed by atoms with Crippen molar-refractivity contribution in [2.24, 2.45) is 0 Å². The largest absolute Gasteiger partial charge is 0.496 e. The maximum absolute atomic E-state index is 12.4. The third-order valence-corrected chi connectivity index (χ3v) is 4.63. The van der Waals surface area contributed by atoms with Crippen LogP contribution in [0.25, 0.3) is 0 Å². The van der Waals surface area contributed by atoms with Gasteiger partial charge in [0.25, 0.3) is 5.91 Å². The second-order valence-corrected chi connectivity index (χ2v) is 5.95. The number of benzene rings is 1. The molecule has 1 aliphatic heterocycles. The standard InChI is InChI=1S/C14H17BrClNO3/c1-19-12-3-2-10(8-11(12)15)13(18)17-14(9-16)4-6-20-7-5-14/h2-3,8H,4-7,9H2,1H3,(H,17,18). The van der Waals surface area contributed by atoms with Crippen LogP contribution < -0.4 is 10.1 Å². The van der Waals surface area contributed by atoms with Crippen LogP contribution in [0.4, 0.5) is 0 Å². The summed E-state index contributed by atoms with van der Waals surface area (Å²) in [5.74, 6) is 0.954. The molecular weight excluding hydrogens is 346 g/mol. The molecule has 4 nitrogen and oxygen atoms in total. The number of hydrogen-bond acceptors (Lipinski definition) is 3. The van der Waals surface area contributed by atoms with E-state index in [1.54, 1.807) is 25.3 Å². The Morgan fingerprint density at radius 2 is 2.20 bits per heavy atom. The van der Waals surface area contributed by atoms with Crippen molar-refractivity contribution in [3.8, 4) is 5.75 Å². The molecule has 1 fully saturated rings. The van der Waals surface area contributed by atoms with Crippen LogP contribution in [0.15, 0.2) is 22.7 Å². The number of methoxy groups -OCH3 is 1. The van der Waals surface area contributed by atoms with Crippen molar-refractivity contribution < 1.29 is 14.3 Å². The number of amides is 1. The van der Waals surface area contributed by atoms with Crippen molar-refractivity contribution in [1.82, 2.24) is 5.32 Å². The summed E-state index contributed by atoms with van der Waals surface area (Å²) >= 11 is 9.43. The third kappa shape index (κ3) is 3.45. The average Bonchev–Trinajstić information content (AvgIpc) is 2.48. The number of rotatable bonds is 4. The topological polar surface area (TPSA) is 47.6 Å². The molecule has 1 saturated heterocycles. The zero-order valence-corrected chi connectivity index (χ0v) is 13.6. The van der Waals surface area contributed by atoms with Gasteiger partial charge in [0.2, 0.25) is 0 Å². The molecule has 1 aliphatic rings. The molecular formula is C14H17BrClNO3. The lowest BCUT2D eigenvalue weighted by Crippen LogP contribution is -2.53. The Kier molecular flexibility index (Phi) is 5.29. The SMILES string of the molecule is COc1ccc(C(=O)NC2(CCl)CCOCC2)cc1Br. The molecule has 0 radical (unpaired) electrons. The van der Waals surface area contributed by atoms with E-state index in [0.29, 0.717) is 30.4 Å². The van der Waals surface area contributed by atoms with Crippen molar-refractivity contribution in [1.29, 1.82) is 0 Å². The number of alkyl halides is 1. The smallest absolute Gasteiger partial charge is 0.251 e. The van der Waals surface area contributed by atoms with Crippen molar-refractivity contribution in [3.63, 3.8) is 0 Å². The highest BCUT2D eigenvalue weighted by Gasteiger charge is 2.33. The van der Waals surface area contributed by atoms with Crippen molar-refractivity contribution >= 4 is 33.4 Å². The fourth-order valence-electron chi connectivity index (χ4n) is 2.17. The van der Waals surface area contributed by atoms with Crippen LogP contribution in [0.3, 0.4) is 0 Å². The Labute approximate surface area is 131 Å². The van der Waals surface area contributed by atoms with Crippen LogP contribution in [0.1, 0.15) is 23.2 Å². The lowest BCUT2D eigenvalue weighted by Gasteiger charge is -2.36. The average molecular weight is 363 g/mol. The molecule has 1 aromatic rings. The highest BCUT2D eigenvalue weighted by Crippen LogP contribution is 2.27. The first-order valence-corrected chi connectivity index (χ1v) is 7.73. The summed E-state index contributed by atoms with van der Waals surface area (Å²) in [6.45, 7) is 1.25. The van der Waals surface area contributed by atoms with Gasteiger partial charge in [-0.1, -0.05) is 0 Å². The summed E-state index contributed by atoms with van der Waals surface area (Å²) < 4.78 is 11.2. The zero-order valence-electron chi connectivity index (χ0n) is 11.2. The van der Waals surface area contributed by atoms with E-state index >= 15 is 0 Å². The Morgan fingerprint density at radius 1 is 1.50 bits per heavy atom. The fourth-order valence-corrected chi connectivity index (χ4v) is 3.05. The van der Waals surface area contributed by atoms with Crippen LogP contribution in [0.5, 0.6) is 5.75 Å². The Balaban J connectivity index is 2.12. The predicted octanol–water partition coefficient (Wildman–Crippen LogP) is 2.98. The van der Waals surface area contributed by atoms with Crippen molar-refractivity contribution in [2.45, 2.75) is 18.4 Å². The van der Waals surface area contributed by atoms with Crippen molar-refractivity contribution in [2.75, 3.05) is 26.2 Å². The minimum atomic E-state index is -0.372. The van der Waals surface area contributed by atoms with E-state index in [4.69, 9.17) is 21.1 Å². The van der Waals surface area contributed by atoms with E-state index in [2.05, 4.69) is 21.2 Å². The molecule has 110 valence electrons. The van der Waals surface area contributed by atoms with Crippen LogP contribution >= 0.6 is 27.5 Å². The van der Waals surface area contributed by atoms with Crippen LogP contribution in [-0.2, 0) is 4.74 Å². The molecule has 1 amide bonds. The normalized spacial score (nSPS) is 17.6.